The van der Waals surface area contributed by atoms with E-state index in [1.165, 1.54) is 0 Å². The van der Waals surface area contributed by atoms with Gasteiger partial charge in [-0.2, -0.15) is 8.42 Å². The minimum atomic E-state index is -4.31. The normalized spacial score (nSPS) is 15.6. The van der Waals surface area contributed by atoms with Crippen molar-refractivity contribution in [1.29, 1.82) is 0 Å². The Balaban J connectivity index is 4.94. The van der Waals surface area contributed by atoms with Crippen LogP contribution in [0, 0.1) is 5.92 Å². The summed E-state index contributed by atoms with van der Waals surface area (Å²) in [5, 5.41) is 0. The monoisotopic (exact) mass is 258 g/mol. The molecular weight excluding hydrogens is 239 g/mol. The van der Waals surface area contributed by atoms with Gasteiger partial charge in [-0.25, -0.2) is 0 Å². The molecule has 0 saturated carbocycles. The molecule has 15 heavy (non-hydrogen) atoms. The maximum atomic E-state index is 11.9. The van der Waals surface area contributed by atoms with Gasteiger partial charge in [-0.3, -0.25) is 9.12 Å². The molecule has 0 amide bonds. The molecule has 0 bridgehead atoms. The molecule has 0 aromatic rings. The lowest BCUT2D eigenvalue weighted by Crippen LogP contribution is -2.28. The van der Waals surface area contributed by atoms with Gasteiger partial charge in [0.1, 0.15) is 0 Å². The van der Waals surface area contributed by atoms with Crippen molar-refractivity contribution in [2.24, 2.45) is 5.92 Å². The lowest BCUT2D eigenvalue weighted by atomic mass is 10.2. The van der Waals surface area contributed by atoms with Crippen LogP contribution in [0.4, 0.5) is 0 Å². The Kier molecular flexibility index (Phi) is 5.47. The van der Waals surface area contributed by atoms with E-state index in [0.29, 0.717) is 0 Å². The zero-order valence-electron chi connectivity index (χ0n) is 9.50. The molecule has 0 aliphatic rings. The lowest BCUT2D eigenvalue weighted by Gasteiger charge is -2.23. The van der Waals surface area contributed by atoms with Crippen molar-refractivity contribution in [3.63, 3.8) is 0 Å². The molecule has 0 fully saturated rings. The van der Waals surface area contributed by atoms with Crippen molar-refractivity contribution < 1.29 is 22.1 Å². The van der Waals surface area contributed by atoms with E-state index in [4.69, 9.17) is 9.08 Å². The zero-order valence-corrected chi connectivity index (χ0v) is 11.2. The first-order chi connectivity index (χ1) is 6.66. The van der Waals surface area contributed by atoms with Crippen LogP contribution in [-0.4, -0.2) is 30.7 Å². The molecule has 0 aliphatic carbocycles. The van der Waals surface area contributed by atoms with Crippen molar-refractivity contribution in [2.75, 3.05) is 12.3 Å². The summed E-state index contributed by atoms with van der Waals surface area (Å²) in [6.07, 6.45) is 0.532. The van der Waals surface area contributed by atoms with Crippen molar-refractivity contribution >= 4 is 17.5 Å². The van der Waals surface area contributed by atoms with Gasteiger partial charge in [-0.15, -0.1) is 0 Å². The van der Waals surface area contributed by atoms with Gasteiger partial charge in [0, 0.05) is 12.3 Å². The number of rotatable bonds is 6. The maximum Gasteiger partial charge on any atom is 0.293 e. The smallest absolute Gasteiger partial charge is 0.293 e. The minimum absolute atomic E-state index is 0.266. The van der Waals surface area contributed by atoms with E-state index in [0.717, 1.165) is 0 Å². The Hall–Kier alpha value is 0.1000. The predicted octanol–water partition coefficient (Wildman–Crippen LogP) is 2.19. The van der Waals surface area contributed by atoms with Gasteiger partial charge in [-0.05, 0) is 5.92 Å². The van der Waals surface area contributed by atoms with Crippen LogP contribution in [0.2, 0.25) is 0 Å². The van der Waals surface area contributed by atoms with E-state index < -0.39 is 28.8 Å². The molecule has 0 spiro atoms. The van der Waals surface area contributed by atoms with Gasteiger partial charge in [0.2, 0.25) is 7.37 Å². The molecule has 0 saturated heterocycles. The summed E-state index contributed by atoms with van der Waals surface area (Å²) >= 11 is 0. The predicted molar refractivity (Wildman–Crippen MR) is 59.9 cm³/mol. The third kappa shape index (κ3) is 4.64. The van der Waals surface area contributed by atoms with Crippen molar-refractivity contribution in [3.8, 4) is 0 Å². The summed E-state index contributed by atoms with van der Waals surface area (Å²) in [7, 11) is -7.24. The Bertz CT molecular complexity index is 327. The second kappa shape index (κ2) is 5.43. The maximum absolute atomic E-state index is 11.9. The topological polar surface area (TPSA) is 80.7 Å². The summed E-state index contributed by atoms with van der Waals surface area (Å²) in [5.74, 6) is -0.438. The van der Waals surface area contributed by atoms with E-state index >= 15 is 0 Å². The summed E-state index contributed by atoms with van der Waals surface area (Å²) in [5.41, 5.74) is -1.40. The number of hydrogen-bond donors (Lipinski definition) is 1. The fourth-order valence-corrected chi connectivity index (χ4v) is 4.04. The van der Waals surface area contributed by atoms with E-state index in [1.807, 2.05) is 0 Å². The standard InChI is InChI=1S/C8H19O5PS/c1-5-14(9,6-2)13-8(7(3)4)15(10,11)12/h7-8H,5-6H2,1-4H3,(H,10,11,12). The Labute approximate surface area is 91.4 Å². The first-order valence-corrected chi connectivity index (χ1v) is 8.39. The van der Waals surface area contributed by atoms with Crippen LogP contribution in [0.15, 0.2) is 0 Å². The summed E-state index contributed by atoms with van der Waals surface area (Å²) < 4.78 is 47.9. The van der Waals surface area contributed by atoms with E-state index in [-0.39, 0.29) is 12.3 Å². The van der Waals surface area contributed by atoms with Crippen LogP contribution in [-0.2, 0) is 19.2 Å². The molecule has 1 N–H and O–H groups in total. The molecule has 0 aromatic carbocycles. The van der Waals surface area contributed by atoms with Crippen LogP contribution in [0.1, 0.15) is 27.7 Å². The van der Waals surface area contributed by atoms with E-state index in [9.17, 15) is 13.0 Å². The molecule has 0 heterocycles. The summed E-state index contributed by atoms with van der Waals surface area (Å²) in [4.78, 5) is 0. The summed E-state index contributed by atoms with van der Waals surface area (Å²) in [6, 6.07) is 0. The van der Waals surface area contributed by atoms with Gasteiger partial charge in [-0.1, -0.05) is 27.7 Å². The van der Waals surface area contributed by atoms with Gasteiger partial charge in [0.15, 0.2) is 5.44 Å². The average Bonchev–Trinajstić information content (AvgIpc) is 2.11. The molecule has 7 heteroatoms. The molecule has 0 aliphatic heterocycles. The van der Waals surface area contributed by atoms with Crippen molar-refractivity contribution in [1.82, 2.24) is 0 Å². The van der Waals surface area contributed by atoms with Crippen molar-refractivity contribution in [3.05, 3.63) is 0 Å². The second-order valence-corrected chi connectivity index (χ2v) is 8.28. The molecule has 0 rings (SSSR count). The number of hydrogen-bond acceptors (Lipinski definition) is 4. The second-order valence-electron chi connectivity index (χ2n) is 3.68. The van der Waals surface area contributed by atoms with Crippen LogP contribution >= 0.6 is 7.37 Å². The van der Waals surface area contributed by atoms with Crippen LogP contribution < -0.4 is 0 Å². The fourth-order valence-electron chi connectivity index (χ4n) is 1.08. The van der Waals surface area contributed by atoms with Crippen LogP contribution in [0.5, 0.6) is 0 Å². The zero-order chi connectivity index (χ0) is 12.3. The molecular formula is C8H19O5PS. The van der Waals surface area contributed by atoms with Crippen molar-refractivity contribution in [2.45, 2.75) is 33.1 Å². The van der Waals surface area contributed by atoms with E-state index in [2.05, 4.69) is 0 Å². The van der Waals surface area contributed by atoms with Gasteiger partial charge >= 0.3 is 0 Å². The molecule has 1 unspecified atom stereocenters. The Morgan fingerprint density at radius 1 is 1.27 bits per heavy atom. The highest BCUT2D eigenvalue weighted by Gasteiger charge is 2.34. The Morgan fingerprint density at radius 2 is 1.67 bits per heavy atom. The quantitative estimate of drug-likeness (QED) is 0.583. The van der Waals surface area contributed by atoms with E-state index in [1.54, 1.807) is 27.7 Å². The molecule has 0 radical (unpaired) electrons. The van der Waals surface area contributed by atoms with Gasteiger partial charge in [0.05, 0.1) is 0 Å². The highest BCUT2D eigenvalue weighted by Crippen LogP contribution is 2.48. The molecule has 0 aromatic heterocycles. The fraction of sp³-hybridized carbons (Fsp3) is 1.00. The third-order valence-electron chi connectivity index (χ3n) is 2.10. The SMILES string of the molecule is CCP(=O)(CC)OC(C(C)C)S(=O)(=O)O. The highest BCUT2D eigenvalue weighted by molar-refractivity contribution is 7.86. The largest absolute Gasteiger partial charge is 0.306 e. The van der Waals surface area contributed by atoms with Gasteiger partial charge < -0.3 is 4.52 Å². The Morgan fingerprint density at radius 3 is 1.87 bits per heavy atom. The first-order valence-electron chi connectivity index (χ1n) is 4.89. The highest BCUT2D eigenvalue weighted by atomic mass is 32.2. The van der Waals surface area contributed by atoms with Gasteiger partial charge in [0.25, 0.3) is 10.1 Å². The third-order valence-corrected chi connectivity index (χ3v) is 6.01. The molecule has 5 nitrogen and oxygen atoms in total. The summed E-state index contributed by atoms with van der Waals surface area (Å²) in [6.45, 7) is 6.53. The lowest BCUT2D eigenvalue weighted by molar-refractivity contribution is 0.212. The van der Waals surface area contributed by atoms with Crippen LogP contribution in [0.25, 0.3) is 0 Å². The minimum Gasteiger partial charge on any atom is -0.306 e. The molecule has 92 valence electrons. The van der Waals surface area contributed by atoms with Crippen LogP contribution in [0.3, 0.4) is 0 Å². The average molecular weight is 258 g/mol. The first kappa shape index (κ1) is 15.1. The molecule has 1 atom stereocenters.